The van der Waals surface area contributed by atoms with Crippen LogP contribution in [0.5, 0.6) is 0 Å². The highest BCUT2D eigenvalue weighted by molar-refractivity contribution is 5.03. The Labute approximate surface area is 164 Å². The van der Waals surface area contributed by atoms with Crippen molar-refractivity contribution in [2.75, 3.05) is 7.11 Å². The van der Waals surface area contributed by atoms with Crippen LogP contribution in [0.1, 0.15) is 83.5 Å². The number of rotatable bonds is 5. The molecule has 6 aliphatic carbocycles. The largest absolute Gasteiger partial charge is 0.350 e. The van der Waals surface area contributed by atoms with Crippen molar-refractivity contribution >= 4 is 0 Å². The first kappa shape index (κ1) is 18.8. The lowest BCUT2D eigenvalue weighted by molar-refractivity contribution is -0.486. The Balaban J connectivity index is 1.13. The second-order valence-corrected chi connectivity index (χ2v) is 10.6. The molecule has 0 unspecified atom stereocenters. The first-order valence-corrected chi connectivity index (χ1v) is 11.8. The summed E-state index contributed by atoms with van der Waals surface area (Å²) in [4.78, 5) is 12.4. The van der Waals surface area contributed by atoms with Gasteiger partial charge in [-0.2, -0.15) is 0 Å². The Bertz CT molecular complexity index is 480. The molecule has 0 spiro atoms. The van der Waals surface area contributed by atoms with E-state index in [0.29, 0.717) is 17.9 Å². The summed E-state index contributed by atoms with van der Waals surface area (Å²) in [5, 5.41) is 0. The third-order valence-corrected chi connectivity index (χ3v) is 9.11. The third kappa shape index (κ3) is 3.49. The Morgan fingerprint density at radius 1 is 0.704 bits per heavy atom. The van der Waals surface area contributed by atoms with E-state index in [9.17, 15) is 0 Å². The predicted molar refractivity (Wildman–Crippen MR) is 105 cm³/mol. The monoisotopic (exact) mass is 377 g/mol. The van der Waals surface area contributed by atoms with Crippen molar-refractivity contribution < 1.29 is 14.5 Å². The highest BCUT2D eigenvalue weighted by Crippen LogP contribution is 2.60. The van der Waals surface area contributed by atoms with Gasteiger partial charge in [0.1, 0.15) is 0 Å². The Morgan fingerprint density at radius 3 is 1.74 bits per heavy atom. The van der Waals surface area contributed by atoms with Gasteiger partial charge in [-0.15, -0.1) is 0 Å². The minimum absolute atomic E-state index is 0.260. The molecular weight excluding hydrogens is 338 g/mol. The lowest BCUT2D eigenvalue weighted by Crippen LogP contribution is -2.60. The summed E-state index contributed by atoms with van der Waals surface area (Å²) in [7, 11) is 1.84. The van der Waals surface area contributed by atoms with E-state index >= 15 is 0 Å². The Kier molecular flexibility index (Phi) is 5.30. The van der Waals surface area contributed by atoms with Gasteiger partial charge in [0.15, 0.2) is 0 Å². The minimum atomic E-state index is -0.455. The molecular formula is C23H39NO3. The van der Waals surface area contributed by atoms with Crippen LogP contribution in [-0.4, -0.2) is 25.0 Å². The van der Waals surface area contributed by atoms with E-state index in [1.54, 1.807) is 0 Å². The first-order valence-electron chi connectivity index (χ1n) is 11.8. The van der Waals surface area contributed by atoms with Crippen LogP contribution in [0.2, 0.25) is 0 Å². The van der Waals surface area contributed by atoms with E-state index in [2.05, 4.69) is 0 Å². The maximum Gasteiger partial charge on any atom is 0.207 e. The van der Waals surface area contributed by atoms with Crippen molar-refractivity contribution in [2.24, 2.45) is 41.2 Å². The molecule has 6 fully saturated rings. The topological polar surface area (TPSA) is 53.7 Å². The maximum absolute atomic E-state index is 6.25. The van der Waals surface area contributed by atoms with E-state index in [4.69, 9.17) is 20.2 Å². The fraction of sp³-hybridized carbons (Fsp3) is 1.00. The van der Waals surface area contributed by atoms with E-state index in [1.807, 2.05) is 7.11 Å². The summed E-state index contributed by atoms with van der Waals surface area (Å²) in [6, 6.07) is 0.459. The minimum Gasteiger partial charge on any atom is -0.350 e. The summed E-state index contributed by atoms with van der Waals surface area (Å²) in [6.07, 6.45) is 16.8. The normalized spacial score (nSPS) is 52.2. The van der Waals surface area contributed by atoms with Crippen molar-refractivity contribution in [3.8, 4) is 0 Å². The molecule has 0 heterocycles. The van der Waals surface area contributed by atoms with Crippen LogP contribution in [0, 0.1) is 35.5 Å². The molecule has 0 saturated heterocycles. The fourth-order valence-electron chi connectivity index (χ4n) is 7.76. The molecule has 6 aliphatic rings. The molecule has 4 bridgehead atoms. The van der Waals surface area contributed by atoms with Gasteiger partial charge < -0.3 is 10.5 Å². The van der Waals surface area contributed by atoms with Crippen molar-refractivity contribution in [1.29, 1.82) is 0 Å². The highest BCUT2D eigenvalue weighted by atomic mass is 17.2. The van der Waals surface area contributed by atoms with Crippen molar-refractivity contribution in [1.82, 2.24) is 0 Å². The second kappa shape index (κ2) is 7.59. The lowest BCUT2D eigenvalue weighted by Gasteiger charge is -2.58. The number of hydrogen-bond donors (Lipinski definition) is 1. The van der Waals surface area contributed by atoms with Crippen LogP contribution in [-0.2, 0) is 14.5 Å². The second-order valence-electron chi connectivity index (χ2n) is 10.6. The van der Waals surface area contributed by atoms with Gasteiger partial charge >= 0.3 is 0 Å². The van der Waals surface area contributed by atoms with E-state index in [1.165, 1.54) is 70.6 Å². The van der Waals surface area contributed by atoms with Crippen molar-refractivity contribution in [2.45, 2.75) is 101 Å². The van der Waals surface area contributed by atoms with Gasteiger partial charge in [-0.1, -0.05) is 0 Å². The van der Waals surface area contributed by atoms with Crippen LogP contribution >= 0.6 is 0 Å². The standard InChI is InChI=1S/C23H39NO3/c1-25-23(19-11-15-10-16(13-19)14-20(23)12-15)27-26-22-8-4-18(5-9-22)17-2-6-21(24)7-3-17/h15-22H,2-14,24H2,1H3/t15?,16?,17?,18-,19?,20?,21?,22+,23?. The van der Waals surface area contributed by atoms with Gasteiger partial charge in [0.25, 0.3) is 0 Å². The van der Waals surface area contributed by atoms with Gasteiger partial charge in [0.2, 0.25) is 5.79 Å². The van der Waals surface area contributed by atoms with Crippen LogP contribution in [0.3, 0.4) is 0 Å². The molecule has 6 rings (SSSR count). The van der Waals surface area contributed by atoms with Crippen LogP contribution < -0.4 is 5.73 Å². The molecule has 154 valence electrons. The Hall–Kier alpha value is -0.160. The SMILES string of the molecule is COC1(OO[C@H]2CC[C@@H](C3CCC(N)CC3)CC2)C2CC3CC(C2)CC1C3. The molecule has 2 N–H and O–H groups in total. The molecule has 0 aromatic carbocycles. The summed E-state index contributed by atoms with van der Waals surface area (Å²) in [6.45, 7) is 0. The van der Waals surface area contributed by atoms with Gasteiger partial charge in [-0.25, -0.2) is 9.78 Å². The van der Waals surface area contributed by atoms with Gasteiger partial charge in [-0.05, 0) is 107 Å². The maximum atomic E-state index is 6.25. The van der Waals surface area contributed by atoms with Crippen LogP contribution in [0.4, 0.5) is 0 Å². The summed E-state index contributed by atoms with van der Waals surface area (Å²) < 4.78 is 6.07. The molecule has 0 aromatic rings. The van der Waals surface area contributed by atoms with Gasteiger partial charge in [-0.3, -0.25) is 0 Å². The van der Waals surface area contributed by atoms with Crippen molar-refractivity contribution in [3.05, 3.63) is 0 Å². The first-order chi connectivity index (χ1) is 13.2. The molecule has 0 aliphatic heterocycles. The average Bonchev–Trinajstić information content (AvgIpc) is 2.69. The number of ether oxygens (including phenoxy) is 1. The number of methoxy groups -OCH3 is 1. The predicted octanol–water partition coefficient (Wildman–Crippen LogP) is 4.81. The molecule has 6 saturated carbocycles. The fourth-order valence-corrected chi connectivity index (χ4v) is 7.76. The third-order valence-electron chi connectivity index (χ3n) is 9.11. The molecule has 27 heavy (non-hydrogen) atoms. The summed E-state index contributed by atoms with van der Waals surface area (Å²) in [5.41, 5.74) is 6.09. The van der Waals surface area contributed by atoms with Gasteiger partial charge in [0, 0.05) is 25.0 Å². The van der Waals surface area contributed by atoms with Gasteiger partial charge in [0.05, 0.1) is 6.10 Å². The summed E-state index contributed by atoms with van der Waals surface area (Å²) in [5.74, 6) is 4.25. The van der Waals surface area contributed by atoms with E-state index < -0.39 is 5.79 Å². The molecule has 4 nitrogen and oxygen atoms in total. The zero-order chi connectivity index (χ0) is 18.4. The molecule has 4 heteroatoms. The van der Waals surface area contributed by atoms with Crippen molar-refractivity contribution in [3.63, 3.8) is 0 Å². The quantitative estimate of drug-likeness (QED) is 0.424. The lowest BCUT2D eigenvalue weighted by atomic mass is 9.53. The molecule has 0 atom stereocenters. The van der Waals surface area contributed by atoms with E-state index in [0.717, 1.165) is 36.5 Å². The average molecular weight is 378 g/mol. The molecule has 0 aromatic heterocycles. The smallest absolute Gasteiger partial charge is 0.207 e. The zero-order valence-electron chi connectivity index (χ0n) is 17.1. The Morgan fingerprint density at radius 2 is 1.22 bits per heavy atom. The van der Waals surface area contributed by atoms with Crippen LogP contribution in [0.25, 0.3) is 0 Å². The summed E-state index contributed by atoms with van der Waals surface area (Å²) >= 11 is 0. The zero-order valence-corrected chi connectivity index (χ0v) is 17.1. The molecule has 0 amide bonds. The number of hydrogen-bond acceptors (Lipinski definition) is 4. The van der Waals surface area contributed by atoms with E-state index in [-0.39, 0.29) is 6.10 Å². The van der Waals surface area contributed by atoms with Crippen LogP contribution in [0.15, 0.2) is 0 Å². The molecule has 0 radical (unpaired) electrons. The number of nitrogens with two attached hydrogens (primary N) is 1. The highest BCUT2D eigenvalue weighted by Gasteiger charge is 2.60.